The molecule has 0 aliphatic heterocycles. The van der Waals surface area contributed by atoms with Gasteiger partial charge in [-0.2, -0.15) is 0 Å². The topological polar surface area (TPSA) is 69.9 Å². The first kappa shape index (κ1) is 8.04. The molecule has 1 rings (SSSR count). The standard InChI is InChI=1S/C7H11NO3/c9-7(10)5-2-1-3-6(4-5)8-11/h5,11H,1-4H2,(H,9,10)/b8-6-/t5-/m1/s1. The Kier molecular flexibility index (Phi) is 2.46. The zero-order valence-electron chi connectivity index (χ0n) is 6.16. The molecule has 1 saturated carbocycles. The summed E-state index contributed by atoms with van der Waals surface area (Å²) < 4.78 is 0. The van der Waals surface area contributed by atoms with Gasteiger partial charge < -0.3 is 10.3 Å². The smallest absolute Gasteiger partial charge is 0.306 e. The first-order valence-electron chi connectivity index (χ1n) is 3.66. The molecular formula is C7H11NO3. The van der Waals surface area contributed by atoms with Crippen LogP contribution in [0.5, 0.6) is 0 Å². The van der Waals surface area contributed by atoms with Crippen LogP contribution in [0, 0.1) is 5.92 Å². The van der Waals surface area contributed by atoms with Crippen molar-refractivity contribution >= 4 is 11.7 Å². The van der Waals surface area contributed by atoms with E-state index in [1.165, 1.54) is 0 Å². The van der Waals surface area contributed by atoms with E-state index >= 15 is 0 Å². The molecule has 1 fully saturated rings. The van der Waals surface area contributed by atoms with Gasteiger partial charge in [0, 0.05) is 6.42 Å². The largest absolute Gasteiger partial charge is 0.481 e. The summed E-state index contributed by atoms with van der Waals surface area (Å²) in [5.74, 6) is -1.12. The number of carboxylic acid groups (broad SMARTS) is 1. The highest BCUT2D eigenvalue weighted by Gasteiger charge is 2.23. The molecule has 0 radical (unpaired) electrons. The van der Waals surface area contributed by atoms with Gasteiger partial charge in [0.1, 0.15) is 0 Å². The summed E-state index contributed by atoms with van der Waals surface area (Å²) in [6.45, 7) is 0. The van der Waals surface area contributed by atoms with Crippen molar-refractivity contribution in [1.82, 2.24) is 0 Å². The first-order valence-corrected chi connectivity index (χ1v) is 3.66. The molecule has 4 nitrogen and oxygen atoms in total. The predicted octanol–water partition coefficient (Wildman–Crippen LogP) is 1.09. The van der Waals surface area contributed by atoms with Gasteiger partial charge >= 0.3 is 5.97 Å². The lowest BCUT2D eigenvalue weighted by atomic mass is 9.88. The molecule has 0 spiro atoms. The number of aliphatic carboxylic acids is 1. The Morgan fingerprint density at radius 3 is 2.91 bits per heavy atom. The molecule has 0 heterocycles. The minimum absolute atomic E-state index is 0.338. The lowest BCUT2D eigenvalue weighted by Gasteiger charge is -2.17. The first-order chi connectivity index (χ1) is 5.24. The summed E-state index contributed by atoms with van der Waals surface area (Å²) in [6, 6.07) is 0. The Bertz CT molecular complexity index is 188. The normalized spacial score (nSPS) is 28.7. The second-order valence-corrected chi connectivity index (χ2v) is 2.80. The fourth-order valence-corrected chi connectivity index (χ4v) is 1.34. The zero-order valence-corrected chi connectivity index (χ0v) is 6.16. The van der Waals surface area contributed by atoms with Crippen LogP contribution in [0.4, 0.5) is 0 Å². The minimum atomic E-state index is -0.786. The van der Waals surface area contributed by atoms with Crippen molar-refractivity contribution in [2.45, 2.75) is 25.7 Å². The quantitative estimate of drug-likeness (QED) is 0.442. The summed E-state index contributed by atoms with van der Waals surface area (Å²) in [5, 5.41) is 20.0. The molecule has 1 aliphatic carbocycles. The Morgan fingerprint density at radius 1 is 1.64 bits per heavy atom. The van der Waals surface area contributed by atoms with Gasteiger partial charge in [0.25, 0.3) is 0 Å². The number of nitrogens with zero attached hydrogens (tertiary/aromatic N) is 1. The maximum Gasteiger partial charge on any atom is 0.306 e. The highest BCUT2D eigenvalue weighted by atomic mass is 16.4. The van der Waals surface area contributed by atoms with Crippen LogP contribution in [0.15, 0.2) is 5.16 Å². The molecule has 0 amide bonds. The monoisotopic (exact) mass is 157 g/mol. The molecule has 0 aromatic rings. The molecule has 0 aromatic heterocycles. The van der Waals surface area contributed by atoms with Crippen molar-refractivity contribution in [3.63, 3.8) is 0 Å². The second kappa shape index (κ2) is 3.37. The molecule has 11 heavy (non-hydrogen) atoms. The number of hydrogen-bond donors (Lipinski definition) is 2. The number of carbonyl (C=O) groups is 1. The van der Waals surface area contributed by atoms with E-state index in [1.807, 2.05) is 0 Å². The van der Waals surface area contributed by atoms with Crippen molar-refractivity contribution in [3.05, 3.63) is 0 Å². The van der Waals surface area contributed by atoms with Crippen LogP contribution in [0.3, 0.4) is 0 Å². The second-order valence-electron chi connectivity index (χ2n) is 2.80. The third-order valence-corrected chi connectivity index (χ3v) is 1.99. The van der Waals surface area contributed by atoms with Gasteiger partial charge in [-0.15, -0.1) is 0 Å². The molecule has 62 valence electrons. The van der Waals surface area contributed by atoms with E-state index in [0.29, 0.717) is 18.6 Å². The lowest BCUT2D eigenvalue weighted by Crippen LogP contribution is -2.22. The summed E-state index contributed by atoms with van der Waals surface area (Å²) in [7, 11) is 0. The Morgan fingerprint density at radius 2 is 2.36 bits per heavy atom. The van der Waals surface area contributed by atoms with Crippen LogP contribution in [0.2, 0.25) is 0 Å². The molecule has 0 saturated heterocycles. The Balaban J connectivity index is 2.53. The van der Waals surface area contributed by atoms with E-state index < -0.39 is 5.97 Å². The van der Waals surface area contributed by atoms with Crippen molar-refractivity contribution < 1.29 is 15.1 Å². The third-order valence-electron chi connectivity index (χ3n) is 1.99. The van der Waals surface area contributed by atoms with Gasteiger partial charge in [0.05, 0.1) is 11.6 Å². The summed E-state index contributed by atoms with van der Waals surface area (Å²) in [5.41, 5.74) is 0.614. The van der Waals surface area contributed by atoms with E-state index in [-0.39, 0.29) is 5.92 Å². The van der Waals surface area contributed by atoms with Crippen molar-refractivity contribution in [2.75, 3.05) is 0 Å². The van der Waals surface area contributed by atoms with Gasteiger partial charge in [-0.25, -0.2) is 0 Å². The zero-order chi connectivity index (χ0) is 8.27. The average molecular weight is 157 g/mol. The van der Waals surface area contributed by atoms with Crippen molar-refractivity contribution in [2.24, 2.45) is 11.1 Å². The summed E-state index contributed by atoms with van der Waals surface area (Å²) in [4.78, 5) is 10.5. The molecule has 0 bridgehead atoms. The van der Waals surface area contributed by atoms with Crippen LogP contribution in [0.1, 0.15) is 25.7 Å². The molecule has 1 aliphatic rings. The molecule has 1 atom stereocenters. The summed E-state index contributed by atoms with van der Waals surface area (Å²) in [6.07, 6.45) is 2.66. The molecule has 2 N–H and O–H groups in total. The molecule has 0 unspecified atom stereocenters. The Labute approximate surface area is 64.5 Å². The third kappa shape index (κ3) is 1.93. The van der Waals surface area contributed by atoms with Crippen LogP contribution in [-0.4, -0.2) is 22.0 Å². The highest BCUT2D eigenvalue weighted by Crippen LogP contribution is 2.21. The van der Waals surface area contributed by atoms with E-state index in [0.717, 1.165) is 12.8 Å². The minimum Gasteiger partial charge on any atom is -0.481 e. The van der Waals surface area contributed by atoms with Gasteiger partial charge in [-0.05, 0) is 19.3 Å². The fraction of sp³-hybridized carbons (Fsp3) is 0.714. The van der Waals surface area contributed by atoms with Crippen molar-refractivity contribution in [1.29, 1.82) is 0 Å². The molecule has 4 heteroatoms. The molecular weight excluding hydrogens is 146 g/mol. The Hall–Kier alpha value is -1.06. The van der Waals surface area contributed by atoms with Crippen molar-refractivity contribution in [3.8, 4) is 0 Å². The van der Waals surface area contributed by atoms with E-state index in [2.05, 4.69) is 5.16 Å². The summed E-state index contributed by atoms with van der Waals surface area (Å²) >= 11 is 0. The highest BCUT2D eigenvalue weighted by molar-refractivity contribution is 5.88. The maximum absolute atomic E-state index is 10.5. The van der Waals surface area contributed by atoms with Gasteiger partial charge in [0.2, 0.25) is 0 Å². The van der Waals surface area contributed by atoms with Crippen LogP contribution in [0.25, 0.3) is 0 Å². The maximum atomic E-state index is 10.5. The van der Waals surface area contributed by atoms with E-state index in [1.54, 1.807) is 0 Å². The van der Waals surface area contributed by atoms with E-state index in [9.17, 15) is 4.79 Å². The van der Waals surface area contributed by atoms with Crippen LogP contribution in [-0.2, 0) is 4.79 Å². The molecule has 0 aromatic carbocycles. The SMILES string of the molecule is O=C(O)[C@@H]1CCC/C(=N/O)C1. The number of oxime groups is 1. The van der Waals surface area contributed by atoms with Gasteiger partial charge in [-0.1, -0.05) is 5.16 Å². The van der Waals surface area contributed by atoms with E-state index in [4.69, 9.17) is 10.3 Å². The van der Waals surface area contributed by atoms with Crippen LogP contribution < -0.4 is 0 Å². The fourth-order valence-electron chi connectivity index (χ4n) is 1.34. The van der Waals surface area contributed by atoms with Crippen LogP contribution >= 0.6 is 0 Å². The van der Waals surface area contributed by atoms with Gasteiger partial charge in [0.15, 0.2) is 0 Å². The lowest BCUT2D eigenvalue weighted by molar-refractivity contribution is -0.141. The predicted molar refractivity (Wildman–Crippen MR) is 38.8 cm³/mol. The number of hydrogen-bond acceptors (Lipinski definition) is 3. The van der Waals surface area contributed by atoms with Gasteiger partial charge in [-0.3, -0.25) is 4.79 Å². The number of carboxylic acids is 1. The average Bonchev–Trinajstić information content (AvgIpc) is 2.05. The number of rotatable bonds is 1.